The maximum Gasteiger partial charge on any atom is 0.267 e. The van der Waals surface area contributed by atoms with Gasteiger partial charge in [-0.05, 0) is 6.92 Å². The highest BCUT2D eigenvalue weighted by atomic mass is 32.2. The first kappa shape index (κ1) is 12.9. The van der Waals surface area contributed by atoms with Crippen molar-refractivity contribution in [3.05, 3.63) is 0 Å². The fraction of sp³-hybridized carbons (Fsp3) is 0.800. The minimum absolute atomic E-state index is 0.0367. The van der Waals surface area contributed by atoms with Gasteiger partial charge < -0.3 is 19.7 Å². The second-order valence-corrected chi connectivity index (χ2v) is 4.46. The van der Waals surface area contributed by atoms with Crippen molar-refractivity contribution < 1.29 is 18.5 Å². The van der Waals surface area contributed by atoms with Crippen LogP contribution in [0.2, 0.25) is 0 Å². The van der Waals surface area contributed by atoms with E-state index < -0.39 is 7.82 Å². The van der Waals surface area contributed by atoms with E-state index in [0.29, 0.717) is 5.75 Å². The van der Waals surface area contributed by atoms with E-state index >= 15 is 0 Å². The highest BCUT2D eigenvalue weighted by Crippen LogP contribution is 2.37. The monoisotopic (exact) mass is 227 g/mol. The minimum atomic E-state index is -4.13. The summed E-state index contributed by atoms with van der Waals surface area (Å²) in [6.07, 6.45) is 0. The van der Waals surface area contributed by atoms with Crippen LogP contribution in [0.1, 0.15) is 6.92 Å². The smallest absolute Gasteiger partial charge is 0.267 e. The van der Waals surface area contributed by atoms with E-state index in [4.69, 9.17) is 11.1 Å². The van der Waals surface area contributed by atoms with E-state index in [1.165, 1.54) is 0 Å². The molecule has 0 aromatic heterocycles. The zero-order chi connectivity index (χ0) is 10.3. The maximum absolute atomic E-state index is 10.8. The average Bonchev–Trinajstić information content (AvgIpc) is 1.98. The van der Waals surface area contributed by atoms with Crippen LogP contribution in [0.3, 0.4) is 0 Å². The number of amidine groups is 1. The molecule has 0 amide bonds. The largest absolute Gasteiger partial charge is 0.756 e. The Morgan fingerprint density at radius 1 is 1.69 bits per heavy atom. The van der Waals surface area contributed by atoms with Gasteiger partial charge in [0.15, 0.2) is 5.17 Å². The van der Waals surface area contributed by atoms with Gasteiger partial charge in [-0.3, -0.25) is 9.97 Å². The molecule has 6 nitrogen and oxygen atoms in total. The average molecular weight is 227 g/mol. The summed E-state index contributed by atoms with van der Waals surface area (Å²) in [7, 11) is -4.13. The van der Waals surface area contributed by atoms with E-state index in [1.807, 2.05) is 0 Å². The van der Waals surface area contributed by atoms with E-state index in [-0.39, 0.29) is 18.4 Å². The summed E-state index contributed by atoms with van der Waals surface area (Å²) in [5.41, 5.74) is 5.01. The molecule has 3 N–H and O–H groups in total. The lowest BCUT2D eigenvalue weighted by atomic mass is 10.9. The molecule has 0 fully saturated rings. The quantitative estimate of drug-likeness (QED) is 0.289. The first-order chi connectivity index (χ1) is 5.98. The standard InChI is InChI=1S/C5H13N2O4PS/c1-2-10-12(8,9)11-3-4-13-5(6)7/h2-4H2,1H3,(H3,6,7)(H,8,9)/p-1. The molecule has 8 heteroatoms. The molecule has 13 heavy (non-hydrogen) atoms. The zero-order valence-corrected chi connectivity index (χ0v) is 8.90. The Morgan fingerprint density at radius 2 is 2.31 bits per heavy atom. The van der Waals surface area contributed by atoms with Gasteiger partial charge in [-0.1, -0.05) is 11.8 Å². The van der Waals surface area contributed by atoms with Crippen molar-refractivity contribution in [2.45, 2.75) is 6.92 Å². The maximum atomic E-state index is 10.8. The number of rotatable bonds is 6. The third kappa shape index (κ3) is 8.27. The lowest BCUT2D eigenvalue weighted by molar-refractivity contribution is -0.224. The Hall–Kier alpha value is -0.0700. The van der Waals surface area contributed by atoms with Gasteiger partial charge in [-0.15, -0.1) is 0 Å². The number of hydrogen-bond donors (Lipinski definition) is 2. The van der Waals surface area contributed by atoms with E-state index in [2.05, 4.69) is 9.05 Å². The summed E-state index contributed by atoms with van der Waals surface area (Å²) >= 11 is 1.01. The highest BCUT2D eigenvalue weighted by Gasteiger charge is 2.06. The topological polar surface area (TPSA) is 108 Å². The normalized spacial score (nSPS) is 15.2. The lowest BCUT2D eigenvalue weighted by Crippen LogP contribution is -2.11. The van der Waals surface area contributed by atoms with Crippen molar-refractivity contribution in [3.8, 4) is 0 Å². The first-order valence-electron chi connectivity index (χ1n) is 3.55. The molecule has 0 aliphatic rings. The molecule has 0 spiro atoms. The van der Waals surface area contributed by atoms with E-state index in [1.54, 1.807) is 6.92 Å². The second kappa shape index (κ2) is 6.39. The minimum Gasteiger partial charge on any atom is -0.756 e. The van der Waals surface area contributed by atoms with Crippen LogP contribution in [0.4, 0.5) is 0 Å². The fourth-order valence-corrected chi connectivity index (χ4v) is 1.71. The summed E-state index contributed by atoms with van der Waals surface area (Å²) in [4.78, 5) is 10.8. The van der Waals surface area contributed by atoms with Crippen molar-refractivity contribution in [1.82, 2.24) is 0 Å². The number of phosphoric ester groups is 1. The van der Waals surface area contributed by atoms with Crippen molar-refractivity contribution in [1.29, 1.82) is 5.41 Å². The van der Waals surface area contributed by atoms with Crippen molar-refractivity contribution >= 4 is 24.8 Å². The van der Waals surface area contributed by atoms with Crippen LogP contribution >= 0.6 is 19.6 Å². The van der Waals surface area contributed by atoms with Crippen LogP contribution in [0.15, 0.2) is 0 Å². The molecule has 0 aliphatic heterocycles. The molecule has 78 valence electrons. The summed E-state index contributed by atoms with van der Waals surface area (Å²) in [6.45, 7) is 1.57. The summed E-state index contributed by atoms with van der Waals surface area (Å²) < 4.78 is 19.5. The summed E-state index contributed by atoms with van der Waals surface area (Å²) in [5, 5.41) is 6.75. The first-order valence-corrected chi connectivity index (χ1v) is 5.99. The van der Waals surface area contributed by atoms with E-state index in [9.17, 15) is 9.46 Å². The second-order valence-electron chi connectivity index (χ2n) is 1.91. The van der Waals surface area contributed by atoms with Gasteiger partial charge >= 0.3 is 0 Å². The molecular formula is C5H12N2O4PS-. The van der Waals surface area contributed by atoms with Gasteiger partial charge in [0.05, 0.1) is 13.2 Å². The SMILES string of the molecule is CCOP(=O)([O-])OCCSC(=N)N. The van der Waals surface area contributed by atoms with Crippen molar-refractivity contribution in [2.75, 3.05) is 19.0 Å². The predicted octanol–water partition coefficient (Wildman–Crippen LogP) is 0.135. The molecule has 1 atom stereocenters. The van der Waals surface area contributed by atoms with Gasteiger partial charge in [0, 0.05) is 5.75 Å². The van der Waals surface area contributed by atoms with Crippen molar-refractivity contribution in [3.63, 3.8) is 0 Å². The Morgan fingerprint density at radius 3 is 2.77 bits per heavy atom. The van der Waals surface area contributed by atoms with Crippen molar-refractivity contribution in [2.24, 2.45) is 5.73 Å². The van der Waals surface area contributed by atoms with E-state index in [0.717, 1.165) is 11.8 Å². The molecule has 0 aromatic carbocycles. The molecule has 0 aliphatic carbocycles. The molecule has 0 aromatic rings. The van der Waals surface area contributed by atoms with Gasteiger partial charge in [0.1, 0.15) is 0 Å². The van der Waals surface area contributed by atoms with Crippen LogP contribution in [0, 0.1) is 5.41 Å². The number of thioether (sulfide) groups is 1. The molecule has 0 rings (SSSR count). The predicted molar refractivity (Wildman–Crippen MR) is 49.6 cm³/mol. The van der Waals surface area contributed by atoms with Gasteiger partial charge in [-0.2, -0.15) is 0 Å². The zero-order valence-electron chi connectivity index (χ0n) is 7.19. The van der Waals surface area contributed by atoms with Crippen LogP contribution < -0.4 is 10.6 Å². The Labute approximate surface area is 80.9 Å². The van der Waals surface area contributed by atoms with Crippen LogP contribution in [-0.4, -0.2) is 24.1 Å². The van der Waals surface area contributed by atoms with Gasteiger partial charge in [0.2, 0.25) is 0 Å². The summed E-state index contributed by atoms with van der Waals surface area (Å²) in [5.74, 6) is 0.314. The Bertz CT molecular complexity index is 213. The third-order valence-electron chi connectivity index (χ3n) is 0.878. The molecule has 0 radical (unpaired) electrons. The fourth-order valence-electron chi connectivity index (χ4n) is 0.496. The molecule has 1 unspecified atom stereocenters. The molecule has 0 saturated carbocycles. The molecule has 0 heterocycles. The van der Waals surface area contributed by atoms with Crippen LogP contribution in [-0.2, 0) is 13.6 Å². The number of nitrogens with one attached hydrogen (secondary N) is 1. The van der Waals surface area contributed by atoms with Gasteiger partial charge in [0.25, 0.3) is 7.82 Å². The molecule has 0 bridgehead atoms. The van der Waals surface area contributed by atoms with Crippen LogP contribution in [0.5, 0.6) is 0 Å². The molecular weight excluding hydrogens is 215 g/mol. The Kier molecular flexibility index (Phi) is 6.36. The third-order valence-corrected chi connectivity index (χ3v) is 2.63. The number of nitrogens with two attached hydrogens (primary N) is 1. The number of hydrogen-bond acceptors (Lipinski definition) is 6. The Balaban J connectivity index is 3.52. The van der Waals surface area contributed by atoms with Gasteiger partial charge in [-0.25, -0.2) is 0 Å². The molecule has 0 saturated heterocycles. The number of phosphoric acid groups is 1. The van der Waals surface area contributed by atoms with Crippen LogP contribution in [0.25, 0.3) is 0 Å². The highest BCUT2D eigenvalue weighted by molar-refractivity contribution is 8.13. The lowest BCUT2D eigenvalue weighted by Gasteiger charge is -2.21. The summed E-state index contributed by atoms with van der Waals surface area (Å²) in [6, 6.07) is 0.